The molecule has 3 rings (SSSR count). The molecule has 0 radical (unpaired) electrons. The number of hydrogen-bond acceptors (Lipinski definition) is 4. The number of rotatable bonds is 9. The molecule has 3 aromatic rings. The first-order valence-corrected chi connectivity index (χ1v) is 11.8. The number of aromatic nitrogens is 2. The van der Waals surface area contributed by atoms with Gasteiger partial charge in [-0.3, -0.25) is 9.48 Å². The van der Waals surface area contributed by atoms with Crippen LogP contribution in [-0.4, -0.2) is 41.5 Å². The van der Waals surface area contributed by atoms with Crippen LogP contribution < -0.4 is 5.32 Å². The minimum absolute atomic E-state index is 0.208. The molecule has 0 aliphatic rings. The summed E-state index contributed by atoms with van der Waals surface area (Å²) < 4.78 is 28.5. The molecule has 31 heavy (non-hydrogen) atoms. The molecule has 7 nitrogen and oxygen atoms in total. The Morgan fingerprint density at radius 1 is 1.00 bits per heavy atom. The number of amides is 1. The van der Waals surface area contributed by atoms with Crippen molar-refractivity contribution < 1.29 is 13.2 Å². The highest BCUT2D eigenvalue weighted by molar-refractivity contribution is 7.89. The van der Waals surface area contributed by atoms with E-state index < -0.39 is 10.0 Å². The number of carbonyl (C=O) groups is 1. The molecule has 1 aromatic heterocycles. The average Bonchev–Trinajstić information content (AvgIpc) is 3.18. The lowest BCUT2D eigenvalue weighted by Gasteiger charge is -2.18. The molecule has 0 fully saturated rings. The molecule has 1 heterocycles. The number of sulfonamides is 1. The second-order valence-electron chi connectivity index (χ2n) is 7.07. The van der Waals surface area contributed by atoms with E-state index in [1.54, 1.807) is 32.2 Å². The van der Waals surface area contributed by atoms with Crippen LogP contribution in [0, 0.1) is 0 Å². The van der Waals surface area contributed by atoms with Crippen LogP contribution >= 0.6 is 0 Å². The van der Waals surface area contributed by atoms with Gasteiger partial charge in [-0.25, -0.2) is 8.42 Å². The van der Waals surface area contributed by atoms with Crippen molar-refractivity contribution in [1.82, 2.24) is 14.1 Å². The molecule has 1 N–H and O–H groups in total. The van der Waals surface area contributed by atoms with Crippen LogP contribution in [0.5, 0.6) is 0 Å². The van der Waals surface area contributed by atoms with Gasteiger partial charge in [-0.05, 0) is 36.2 Å². The number of hydrogen-bond donors (Lipinski definition) is 1. The lowest BCUT2D eigenvalue weighted by atomic mass is 10.1. The molecule has 0 bridgehead atoms. The molecular formula is C23H28N4O3S. The van der Waals surface area contributed by atoms with Crippen LogP contribution in [0.1, 0.15) is 42.4 Å². The monoisotopic (exact) mass is 440 g/mol. The molecule has 0 aliphatic heterocycles. The molecule has 0 saturated carbocycles. The summed E-state index contributed by atoms with van der Waals surface area (Å²) in [4.78, 5) is 13.1. The smallest absolute Gasteiger partial charge is 0.259 e. The molecular weight excluding hydrogens is 412 g/mol. The quantitative estimate of drug-likeness (QED) is 0.549. The molecule has 164 valence electrons. The summed E-state index contributed by atoms with van der Waals surface area (Å²) in [6, 6.07) is 16.2. The summed E-state index contributed by atoms with van der Waals surface area (Å²) in [6.07, 6.45) is 2.24. The maximum atomic E-state index is 12.9. The third-order valence-electron chi connectivity index (χ3n) is 5.16. The Morgan fingerprint density at radius 3 is 2.23 bits per heavy atom. The minimum Gasteiger partial charge on any atom is -0.322 e. The van der Waals surface area contributed by atoms with Crippen molar-refractivity contribution in [2.24, 2.45) is 0 Å². The third kappa shape index (κ3) is 5.03. The summed E-state index contributed by atoms with van der Waals surface area (Å²) in [7, 11) is -3.53. The van der Waals surface area contributed by atoms with Gasteiger partial charge in [0.2, 0.25) is 10.0 Å². The molecule has 0 saturated heterocycles. The van der Waals surface area contributed by atoms with Gasteiger partial charge in [-0.1, -0.05) is 51.1 Å². The van der Waals surface area contributed by atoms with Gasteiger partial charge in [0, 0.05) is 18.8 Å². The van der Waals surface area contributed by atoms with Crippen molar-refractivity contribution in [3.05, 3.63) is 77.6 Å². The van der Waals surface area contributed by atoms with Gasteiger partial charge in [0.05, 0.1) is 28.9 Å². The number of nitrogens with one attached hydrogen (secondary N) is 1. The lowest BCUT2D eigenvalue weighted by molar-refractivity contribution is 0.102. The molecule has 0 atom stereocenters. The van der Waals surface area contributed by atoms with Gasteiger partial charge < -0.3 is 5.32 Å². The zero-order valence-corrected chi connectivity index (χ0v) is 18.9. The number of carbonyl (C=O) groups excluding carboxylic acids is 1. The maximum Gasteiger partial charge on any atom is 0.259 e. The summed E-state index contributed by atoms with van der Waals surface area (Å²) >= 11 is 0. The number of benzene rings is 2. The number of nitrogens with zero attached hydrogens (tertiary/aromatic N) is 3. The Kier molecular flexibility index (Phi) is 7.25. The first-order valence-electron chi connectivity index (χ1n) is 10.4. The van der Waals surface area contributed by atoms with Crippen molar-refractivity contribution in [3.63, 3.8) is 0 Å². The van der Waals surface area contributed by atoms with Crippen LogP contribution in [-0.2, 0) is 23.0 Å². The van der Waals surface area contributed by atoms with Crippen LogP contribution in [0.2, 0.25) is 0 Å². The van der Waals surface area contributed by atoms with Crippen molar-refractivity contribution in [1.29, 1.82) is 0 Å². The third-order valence-corrected chi connectivity index (χ3v) is 7.22. The SMILES string of the molecule is CCc1c(C(=O)Nc2ccc(S(=O)(=O)N(CC)CC)cc2)cnn1Cc1ccccc1. The van der Waals surface area contributed by atoms with E-state index in [9.17, 15) is 13.2 Å². The van der Waals surface area contributed by atoms with Crippen LogP contribution in [0.4, 0.5) is 5.69 Å². The predicted molar refractivity (Wildman–Crippen MR) is 122 cm³/mol. The van der Waals surface area contributed by atoms with E-state index in [0.29, 0.717) is 37.3 Å². The molecule has 0 aliphatic carbocycles. The van der Waals surface area contributed by atoms with E-state index in [2.05, 4.69) is 10.4 Å². The molecule has 8 heteroatoms. The Balaban J connectivity index is 1.76. The first kappa shape index (κ1) is 22.7. The van der Waals surface area contributed by atoms with E-state index in [-0.39, 0.29) is 10.8 Å². The second-order valence-corrected chi connectivity index (χ2v) is 9.01. The van der Waals surface area contributed by atoms with Crippen molar-refractivity contribution in [2.45, 2.75) is 38.6 Å². The first-order chi connectivity index (χ1) is 14.9. The highest BCUT2D eigenvalue weighted by atomic mass is 32.2. The summed E-state index contributed by atoms with van der Waals surface area (Å²) in [5, 5.41) is 7.25. The van der Waals surface area contributed by atoms with Gasteiger partial charge in [0.1, 0.15) is 0 Å². The van der Waals surface area contributed by atoms with Crippen LogP contribution in [0.15, 0.2) is 65.7 Å². The molecule has 2 aromatic carbocycles. The van der Waals surface area contributed by atoms with Gasteiger partial charge in [-0.15, -0.1) is 0 Å². The fourth-order valence-electron chi connectivity index (χ4n) is 3.49. The topological polar surface area (TPSA) is 84.3 Å². The van der Waals surface area contributed by atoms with Gasteiger partial charge >= 0.3 is 0 Å². The van der Waals surface area contributed by atoms with Crippen molar-refractivity contribution in [3.8, 4) is 0 Å². The zero-order chi connectivity index (χ0) is 22.4. The van der Waals surface area contributed by atoms with Crippen molar-refractivity contribution >= 4 is 21.6 Å². The fraction of sp³-hybridized carbons (Fsp3) is 0.304. The standard InChI is InChI=1S/C23H28N4O3S/c1-4-22-21(16-24-27(22)17-18-10-8-7-9-11-18)23(28)25-19-12-14-20(15-13-19)31(29,30)26(5-2)6-3/h7-16H,4-6,17H2,1-3H3,(H,25,28). The Hall–Kier alpha value is -2.97. The number of anilines is 1. The molecule has 1 amide bonds. The largest absolute Gasteiger partial charge is 0.322 e. The minimum atomic E-state index is -3.53. The normalized spacial score (nSPS) is 11.6. The summed E-state index contributed by atoms with van der Waals surface area (Å²) in [6.45, 7) is 7.00. The van der Waals surface area contributed by atoms with Crippen LogP contribution in [0.3, 0.4) is 0 Å². The Morgan fingerprint density at radius 2 is 1.65 bits per heavy atom. The van der Waals surface area contributed by atoms with E-state index in [4.69, 9.17) is 0 Å². The second kappa shape index (κ2) is 9.89. The van der Waals surface area contributed by atoms with Gasteiger partial charge in [-0.2, -0.15) is 9.40 Å². The molecule has 0 unspecified atom stereocenters. The highest BCUT2D eigenvalue weighted by Crippen LogP contribution is 2.20. The van der Waals surface area contributed by atoms with E-state index >= 15 is 0 Å². The highest BCUT2D eigenvalue weighted by Gasteiger charge is 2.22. The average molecular weight is 441 g/mol. The lowest BCUT2D eigenvalue weighted by Crippen LogP contribution is -2.30. The predicted octanol–water partition coefficient (Wildman–Crippen LogP) is 3.78. The zero-order valence-electron chi connectivity index (χ0n) is 18.1. The Bertz CT molecular complexity index is 1120. The van der Waals surface area contributed by atoms with Gasteiger partial charge in [0.15, 0.2) is 0 Å². The van der Waals surface area contributed by atoms with E-state index in [0.717, 1.165) is 11.3 Å². The van der Waals surface area contributed by atoms with Crippen molar-refractivity contribution in [2.75, 3.05) is 18.4 Å². The molecule has 0 spiro atoms. The Labute approximate surface area is 183 Å². The fourth-order valence-corrected chi connectivity index (χ4v) is 4.95. The maximum absolute atomic E-state index is 12.9. The van der Waals surface area contributed by atoms with Crippen LogP contribution in [0.25, 0.3) is 0 Å². The van der Waals surface area contributed by atoms with E-state index in [1.165, 1.54) is 16.4 Å². The summed E-state index contributed by atoms with van der Waals surface area (Å²) in [5.41, 5.74) is 3.00. The summed E-state index contributed by atoms with van der Waals surface area (Å²) in [5.74, 6) is -0.268. The van der Waals surface area contributed by atoms with Gasteiger partial charge in [0.25, 0.3) is 5.91 Å². The van der Waals surface area contributed by atoms with E-state index in [1.807, 2.05) is 41.9 Å².